The Morgan fingerprint density at radius 1 is 1.14 bits per heavy atom. The number of rotatable bonds is 2. The lowest BCUT2D eigenvalue weighted by Crippen LogP contribution is -2.41. The second-order valence-electron chi connectivity index (χ2n) is 8.07. The van der Waals surface area contributed by atoms with E-state index in [-0.39, 0.29) is 18.3 Å². The van der Waals surface area contributed by atoms with Gasteiger partial charge in [0.2, 0.25) is 0 Å². The number of hydrogen-bond donors (Lipinski definition) is 1. The van der Waals surface area contributed by atoms with Crippen molar-refractivity contribution in [2.45, 2.75) is 83.1 Å². The second kappa shape index (κ2) is 5.08. The molecule has 2 fully saturated rings. The summed E-state index contributed by atoms with van der Waals surface area (Å²) in [5.74, 6) is 0. The number of aromatic nitrogens is 2. The van der Waals surface area contributed by atoms with Crippen molar-refractivity contribution in [3.05, 3.63) is 12.4 Å². The van der Waals surface area contributed by atoms with Crippen molar-refractivity contribution in [3.8, 4) is 0 Å². The smallest absolute Gasteiger partial charge is 0.399 e. The van der Waals surface area contributed by atoms with E-state index >= 15 is 0 Å². The van der Waals surface area contributed by atoms with E-state index in [1.165, 1.54) is 0 Å². The maximum Gasteiger partial charge on any atom is 0.498 e. The SMILES string of the molecule is CC1(C)OB(c2cnn([C@H]3CC[C@](C)(O)CC3)c2)OC1(C)C. The van der Waals surface area contributed by atoms with Gasteiger partial charge in [0.25, 0.3) is 0 Å². The van der Waals surface area contributed by atoms with Crippen molar-refractivity contribution in [2.24, 2.45) is 0 Å². The van der Waals surface area contributed by atoms with Crippen LogP contribution in [0, 0.1) is 0 Å². The number of nitrogens with zero attached hydrogens (tertiary/aromatic N) is 2. The summed E-state index contributed by atoms with van der Waals surface area (Å²) in [7, 11) is -0.356. The normalized spacial score (nSPS) is 34.1. The quantitative estimate of drug-likeness (QED) is 0.850. The first kappa shape index (κ1) is 16.0. The molecule has 2 heterocycles. The van der Waals surface area contributed by atoms with Crippen molar-refractivity contribution in [3.63, 3.8) is 0 Å². The van der Waals surface area contributed by atoms with Gasteiger partial charge in [0.15, 0.2) is 0 Å². The summed E-state index contributed by atoms with van der Waals surface area (Å²) < 4.78 is 14.1. The minimum absolute atomic E-state index is 0.330. The summed E-state index contributed by atoms with van der Waals surface area (Å²) in [4.78, 5) is 0. The molecule has 1 saturated heterocycles. The Balaban J connectivity index is 1.70. The predicted molar refractivity (Wildman–Crippen MR) is 86.1 cm³/mol. The summed E-state index contributed by atoms with van der Waals surface area (Å²) in [6.45, 7) is 10.1. The molecule has 6 heteroatoms. The Kier molecular flexibility index (Phi) is 3.70. The van der Waals surface area contributed by atoms with Crippen molar-refractivity contribution >= 4 is 12.6 Å². The molecule has 22 heavy (non-hydrogen) atoms. The summed E-state index contributed by atoms with van der Waals surface area (Å²) >= 11 is 0. The largest absolute Gasteiger partial charge is 0.498 e. The van der Waals surface area contributed by atoms with Crippen LogP contribution in [0.2, 0.25) is 0 Å². The van der Waals surface area contributed by atoms with Crippen molar-refractivity contribution in [2.75, 3.05) is 0 Å². The first-order valence-corrected chi connectivity index (χ1v) is 8.22. The lowest BCUT2D eigenvalue weighted by atomic mass is 9.81. The summed E-state index contributed by atoms with van der Waals surface area (Å²) in [6.07, 6.45) is 7.43. The highest BCUT2D eigenvalue weighted by Gasteiger charge is 2.52. The molecule has 0 amide bonds. The lowest BCUT2D eigenvalue weighted by molar-refractivity contribution is 0.00578. The zero-order valence-electron chi connectivity index (χ0n) is 14.3. The first-order valence-electron chi connectivity index (χ1n) is 8.22. The molecule has 0 unspecified atom stereocenters. The van der Waals surface area contributed by atoms with Gasteiger partial charge < -0.3 is 14.4 Å². The van der Waals surface area contributed by atoms with Gasteiger partial charge in [-0.05, 0) is 60.3 Å². The Hall–Kier alpha value is -0.845. The van der Waals surface area contributed by atoms with E-state index in [0.29, 0.717) is 6.04 Å². The standard InChI is InChI=1S/C16H27BN2O3/c1-14(2)15(3,4)22-17(21-14)12-10-18-19(11-12)13-6-8-16(5,20)9-7-13/h10-11,13,20H,6-9H2,1-5H3/t13-,16-. The van der Waals surface area contributed by atoms with Crippen LogP contribution in [0.25, 0.3) is 0 Å². The van der Waals surface area contributed by atoms with Gasteiger partial charge in [0.1, 0.15) is 0 Å². The molecular weight excluding hydrogens is 279 g/mol. The van der Waals surface area contributed by atoms with E-state index in [9.17, 15) is 5.11 Å². The van der Waals surface area contributed by atoms with Crippen LogP contribution in [0.5, 0.6) is 0 Å². The predicted octanol–water partition coefficient (Wildman–Crippen LogP) is 2.05. The van der Waals surface area contributed by atoms with Crippen LogP contribution in [0.4, 0.5) is 0 Å². The van der Waals surface area contributed by atoms with Gasteiger partial charge in [-0.25, -0.2) is 0 Å². The Morgan fingerprint density at radius 3 is 2.23 bits per heavy atom. The van der Waals surface area contributed by atoms with Gasteiger partial charge in [-0.1, -0.05) is 0 Å². The topological polar surface area (TPSA) is 56.5 Å². The van der Waals surface area contributed by atoms with Crippen LogP contribution in [0.3, 0.4) is 0 Å². The highest BCUT2D eigenvalue weighted by molar-refractivity contribution is 6.61. The molecule has 1 aliphatic heterocycles. The Morgan fingerprint density at radius 2 is 1.68 bits per heavy atom. The minimum Gasteiger partial charge on any atom is -0.399 e. The molecule has 5 nitrogen and oxygen atoms in total. The molecule has 0 atom stereocenters. The van der Waals surface area contributed by atoms with Crippen LogP contribution in [0.15, 0.2) is 12.4 Å². The molecule has 0 radical (unpaired) electrons. The van der Waals surface area contributed by atoms with E-state index in [2.05, 4.69) is 32.8 Å². The van der Waals surface area contributed by atoms with Gasteiger partial charge in [0.05, 0.1) is 22.8 Å². The van der Waals surface area contributed by atoms with Crippen LogP contribution < -0.4 is 5.46 Å². The Labute approximate surface area is 133 Å². The Bertz CT molecular complexity index is 527. The molecule has 1 N–H and O–H groups in total. The van der Waals surface area contributed by atoms with Gasteiger partial charge in [0, 0.05) is 17.9 Å². The molecule has 0 aromatic carbocycles. The van der Waals surface area contributed by atoms with Gasteiger partial charge in [-0.2, -0.15) is 5.10 Å². The minimum atomic E-state index is -0.516. The average Bonchev–Trinajstić information content (AvgIpc) is 2.93. The number of hydrogen-bond acceptors (Lipinski definition) is 4. The molecule has 0 spiro atoms. The highest BCUT2D eigenvalue weighted by atomic mass is 16.7. The zero-order valence-corrected chi connectivity index (χ0v) is 14.3. The van der Waals surface area contributed by atoms with E-state index in [0.717, 1.165) is 31.1 Å². The first-order chi connectivity index (χ1) is 10.1. The van der Waals surface area contributed by atoms with Crippen LogP contribution in [-0.4, -0.2) is 38.8 Å². The molecule has 1 aromatic heterocycles. The van der Waals surface area contributed by atoms with Crippen molar-refractivity contribution in [1.29, 1.82) is 0 Å². The fraction of sp³-hybridized carbons (Fsp3) is 0.812. The summed E-state index contributed by atoms with van der Waals surface area (Å²) in [5, 5.41) is 14.6. The van der Waals surface area contributed by atoms with Gasteiger partial charge in [-0.3, -0.25) is 4.68 Å². The molecule has 1 saturated carbocycles. The molecule has 1 aliphatic carbocycles. The van der Waals surface area contributed by atoms with Crippen molar-refractivity contribution in [1.82, 2.24) is 9.78 Å². The molecule has 122 valence electrons. The summed E-state index contributed by atoms with van der Waals surface area (Å²) in [5.41, 5.74) is -0.207. The third-order valence-corrected chi connectivity index (χ3v) is 5.55. The fourth-order valence-corrected chi connectivity index (χ4v) is 3.14. The maximum atomic E-state index is 10.1. The van der Waals surface area contributed by atoms with Crippen LogP contribution >= 0.6 is 0 Å². The molecule has 2 aliphatic rings. The maximum absolute atomic E-state index is 10.1. The van der Waals surface area contributed by atoms with E-state index < -0.39 is 5.60 Å². The fourth-order valence-electron chi connectivity index (χ4n) is 3.14. The molecule has 3 rings (SSSR count). The zero-order chi connectivity index (χ0) is 16.2. The van der Waals surface area contributed by atoms with Crippen molar-refractivity contribution < 1.29 is 14.4 Å². The lowest BCUT2D eigenvalue weighted by Gasteiger charge is -2.33. The van der Waals surface area contributed by atoms with Crippen LogP contribution in [-0.2, 0) is 9.31 Å². The van der Waals surface area contributed by atoms with Crippen LogP contribution in [0.1, 0.15) is 66.3 Å². The average molecular weight is 306 g/mol. The summed E-state index contributed by atoms with van der Waals surface area (Å²) in [6, 6.07) is 0.358. The molecule has 0 bridgehead atoms. The van der Waals surface area contributed by atoms with Gasteiger partial charge >= 0.3 is 7.12 Å². The third kappa shape index (κ3) is 2.84. The molecular formula is C16H27BN2O3. The second-order valence-corrected chi connectivity index (χ2v) is 8.07. The monoisotopic (exact) mass is 306 g/mol. The van der Waals surface area contributed by atoms with E-state index in [4.69, 9.17) is 9.31 Å². The van der Waals surface area contributed by atoms with E-state index in [1.54, 1.807) is 0 Å². The molecule has 1 aromatic rings. The number of aliphatic hydroxyl groups is 1. The van der Waals surface area contributed by atoms with E-state index in [1.807, 2.05) is 24.0 Å². The van der Waals surface area contributed by atoms with Gasteiger partial charge in [-0.15, -0.1) is 0 Å². The third-order valence-electron chi connectivity index (χ3n) is 5.55. The highest BCUT2D eigenvalue weighted by Crippen LogP contribution is 2.37.